The maximum atomic E-state index is 11.2. The van der Waals surface area contributed by atoms with Gasteiger partial charge in [-0.15, -0.1) is 0 Å². The monoisotopic (exact) mass is 192 g/mol. The van der Waals surface area contributed by atoms with Crippen LogP contribution in [0.15, 0.2) is 18.2 Å². The average Bonchev–Trinajstić information content (AvgIpc) is 2.18. The van der Waals surface area contributed by atoms with Crippen LogP contribution in [0.5, 0.6) is 0 Å². The van der Waals surface area contributed by atoms with E-state index in [9.17, 15) is 9.59 Å². The van der Waals surface area contributed by atoms with E-state index in [4.69, 9.17) is 9.84 Å². The number of hydrogen-bond donors (Lipinski definition) is 1. The van der Waals surface area contributed by atoms with Crippen molar-refractivity contribution in [2.24, 2.45) is 0 Å². The Balaban J connectivity index is 2.51. The smallest absolute Gasteiger partial charge is 0.338 e. The van der Waals surface area contributed by atoms with Crippen molar-refractivity contribution in [1.82, 2.24) is 0 Å². The predicted molar refractivity (Wildman–Crippen MR) is 47.4 cm³/mol. The molecule has 1 aliphatic heterocycles. The molecule has 0 amide bonds. The number of cyclic esters (lactones) is 1. The number of ether oxygens (including phenoxy) is 1. The van der Waals surface area contributed by atoms with Crippen LogP contribution in [0.1, 0.15) is 26.3 Å². The predicted octanol–water partition coefficient (Wildman–Crippen LogP) is 1.10. The first-order valence-electron chi connectivity index (χ1n) is 4.22. The van der Waals surface area contributed by atoms with Gasteiger partial charge in [0.05, 0.1) is 17.7 Å². The highest BCUT2D eigenvalue weighted by molar-refractivity contribution is 5.96. The lowest BCUT2D eigenvalue weighted by Crippen LogP contribution is -2.18. The molecule has 1 heterocycles. The molecule has 1 aromatic rings. The van der Waals surface area contributed by atoms with Gasteiger partial charge < -0.3 is 9.84 Å². The molecule has 0 spiro atoms. The lowest BCUT2D eigenvalue weighted by atomic mass is 10.00. The van der Waals surface area contributed by atoms with Crippen LogP contribution >= 0.6 is 0 Å². The van der Waals surface area contributed by atoms with Crippen molar-refractivity contribution >= 4 is 11.9 Å². The highest BCUT2D eigenvalue weighted by Crippen LogP contribution is 2.18. The van der Waals surface area contributed by atoms with Crippen molar-refractivity contribution in [3.63, 3.8) is 0 Å². The van der Waals surface area contributed by atoms with Gasteiger partial charge in [-0.05, 0) is 17.7 Å². The van der Waals surface area contributed by atoms with E-state index in [2.05, 4.69) is 0 Å². The van der Waals surface area contributed by atoms with Crippen molar-refractivity contribution < 1.29 is 19.4 Å². The standard InChI is InChI=1S/C10H8O4/c11-9(12)7-2-1-6-3-4-14-10(13)8(6)5-7/h1-2,5H,3-4H2,(H,11,12). The van der Waals surface area contributed by atoms with Gasteiger partial charge in [0.1, 0.15) is 0 Å². The molecule has 0 fully saturated rings. The lowest BCUT2D eigenvalue weighted by Gasteiger charge is -2.15. The van der Waals surface area contributed by atoms with Gasteiger partial charge >= 0.3 is 11.9 Å². The number of hydrogen-bond acceptors (Lipinski definition) is 3. The van der Waals surface area contributed by atoms with E-state index in [0.717, 1.165) is 5.56 Å². The van der Waals surface area contributed by atoms with Crippen LogP contribution in [-0.2, 0) is 11.2 Å². The number of fused-ring (bicyclic) bond motifs is 1. The molecular weight excluding hydrogens is 184 g/mol. The second kappa shape index (κ2) is 3.14. The highest BCUT2D eigenvalue weighted by Gasteiger charge is 2.19. The van der Waals surface area contributed by atoms with Gasteiger partial charge in [-0.3, -0.25) is 0 Å². The fraction of sp³-hybridized carbons (Fsp3) is 0.200. The van der Waals surface area contributed by atoms with Crippen LogP contribution in [-0.4, -0.2) is 23.7 Å². The second-order valence-corrected chi connectivity index (χ2v) is 3.06. The van der Waals surface area contributed by atoms with Gasteiger partial charge in [0, 0.05) is 6.42 Å². The van der Waals surface area contributed by atoms with Gasteiger partial charge in [-0.25, -0.2) is 9.59 Å². The third-order valence-corrected chi connectivity index (χ3v) is 2.18. The van der Waals surface area contributed by atoms with E-state index in [1.165, 1.54) is 12.1 Å². The summed E-state index contributed by atoms with van der Waals surface area (Å²) in [5.74, 6) is -1.47. The number of carboxylic acids is 1. The maximum Gasteiger partial charge on any atom is 0.338 e. The summed E-state index contributed by atoms with van der Waals surface area (Å²) < 4.78 is 4.81. The lowest BCUT2D eigenvalue weighted by molar-refractivity contribution is 0.0480. The Labute approximate surface area is 80.1 Å². The first-order valence-corrected chi connectivity index (χ1v) is 4.22. The number of carbonyl (C=O) groups excluding carboxylic acids is 1. The number of esters is 1. The Bertz CT molecular complexity index is 409. The molecule has 0 aromatic heterocycles. The summed E-state index contributed by atoms with van der Waals surface area (Å²) in [5.41, 5.74) is 1.34. The van der Waals surface area contributed by atoms with Gasteiger partial charge in [0.15, 0.2) is 0 Å². The zero-order valence-corrected chi connectivity index (χ0v) is 7.32. The van der Waals surface area contributed by atoms with E-state index in [-0.39, 0.29) is 5.56 Å². The molecule has 72 valence electrons. The van der Waals surface area contributed by atoms with Crippen LogP contribution < -0.4 is 0 Å². The number of carbonyl (C=O) groups is 2. The summed E-state index contributed by atoms with van der Waals surface area (Å²) in [6, 6.07) is 4.53. The van der Waals surface area contributed by atoms with Gasteiger partial charge in [-0.2, -0.15) is 0 Å². The summed E-state index contributed by atoms with van der Waals surface area (Å²) in [4.78, 5) is 21.9. The van der Waals surface area contributed by atoms with Gasteiger partial charge in [0.2, 0.25) is 0 Å². The minimum Gasteiger partial charge on any atom is -0.478 e. The van der Waals surface area contributed by atoms with Gasteiger partial charge in [0.25, 0.3) is 0 Å². The minimum absolute atomic E-state index is 0.114. The Morgan fingerprint density at radius 3 is 2.93 bits per heavy atom. The molecule has 1 aromatic carbocycles. The van der Waals surface area contributed by atoms with E-state index in [1.807, 2.05) is 0 Å². The van der Waals surface area contributed by atoms with Crippen molar-refractivity contribution in [3.05, 3.63) is 34.9 Å². The SMILES string of the molecule is O=C(O)c1ccc2c(c1)C(=O)OCC2. The molecule has 2 rings (SSSR count). The van der Waals surface area contributed by atoms with Crippen LogP contribution in [0.2, 0.25) is 0 Å². The largest absolute Gasteiger partial charge is 0.478 e. The first-order chi connectivity index (χ1) is 6.68. The second-order valence-electron chi connectivity index (χ2n) is 3.06. The zero-order chi connectivity index (χ0) is 10.1. The van der Waals surface area contributed by atoms with Crippen LogP contribution in [0.25, 0.3) is 0 Å². The summed E-state index contributed by atoms with van der Waals surface area (Å²) in [6.45, 7) is 0.373. The third kappa shape index (κ3) is 1.35. The molecule has 14 heavy (non-hydrogen) atoms. The van der Waals surface area contributed by atoms with E-state index in [1.54, 1.807) is 6.07 Å². The van der Waals surface area contributed by atoms with Gasteiger partial charge in [-0.1, -0.05) is 6.07 Å². The molecule has 0 saturated carbocycles. The minimum atomic E-state index is -1.04. The molecule has 1 N–H and O–H groups in total. The highest BCUT2D eigenvalue weighted by atomic mass is 16.5. The quantitative estimate of drug-likeness (QED) is 0.676. The number of aromatic carboxylic acids is 1. The van der Waals surface area contributed by atoms with Crippen molar-refractivity contribution in [2.75, 3.05) is 6.61 Å². The summed E-state index contributed by atoms with van der Waals surface area (Å²) >= 11 is 0. The number of carboxylic acid groups (broad SMARTS) is 1. The van der Waals surface area contributed by atoms with Crippen LogP contribution in [0.4, 0.5) is 0 Å². The summed E-state index contributed by atoms with van der Waals surface area (Å²) in [7, 11) is 0. The summed E-state index contributed by atoms with van der Waals surface area (Å²) in [5, 5.41) is 8.72. The number of benzene rings is 1. The molecule has 0 radical (unpaired) electrons. The Hall–Kier alpha value is -1.84. The summed E-state index contributed by atoms with van der Waals surface area (Å²) in [6.07, 6.45) is 0.654. The molecule has 0 unspecified atom stereocenters. The van der Waals surface area contributed by atoms with E-state index >= 15 is 0 Å². The topological polar surface area (TPSA) is 63.6 Å². The molecule has 0 saturated heterocycles. The average molecular weight is 192 g/mol. The Kier molecular flexibility index (Phi) is 1.96. The van der Waals surface area contributed by atoms with Crippen molar-refractivity contribution in [1.29, 1.82) is 0 Å². The molecule has 1 aliphatic rings. The molecule has 4 nitrogen and oxygen atoms in total. The molecule has 4 heteroatoms. The maximum absolute atomic E-state index is 11.2. The first kappa shape index (κ1) is 8.74. The Morgan fingerprint density at radius 2 is 2.21 bits per heavy atom. The van der Waals surface area contributed by atoms with E-state index in [0.29, 0.717) is 18.6 Å². The molecule has 0 bridgehead atoms. The Morgan fingerprint density at radius 1 is 1.43 bits per heavy atom. The van der Waals surface area contributed by atoms with Crippen LogP contribution in [0, 0.1) is 0 Å². The zero-order valence-electron chi connectivity index (χ0n) is 7.32. The van der Waals surface area contributed by atoms with Crippen LogP contribution in [0.3, 0.4) is 0 Å². The number of rotatable bonds is 1. The van der Waals surface area contributed by atoms with Crippen molar-refractivity contribution in [3.8, 4) is 0 Å². The fourth-order valence-electron chi connectivity index (χ4n) is 1.45. The molecule has 0 aliphatic carbocycles. The molecule has 0 atom stereocenters. The fourth-order valence-corrected chi connectivity index (χ4v) is 1.45. The third-order valence-electron chi connectivity index (χ3n) is 2.18. The van der Waals surface area contributed by atoms with Crippen molar-refractivity contribution in [2.45, 2.75) is 6.42 Å². The molecular formula is C10H8O4. The normalized spacial score (nSPS) is 14.4. The van der Waals surface area contributed by atoms with E-state index < -0.39 is 11.9 Å².